The number of aliphatic hydroxyl groups excluding tert-OH is 1. The van der Waals surface area contributed by atoms with Crippen LogP contribution in [0.2, 0.25) is 0 Å². The first-order valence-corrected chi connectivity index (χ1v) is 3.41. The zero-order valence-corrected chi connectivity index (χ0v) is 6.38. The minimum Gasteiger partial charge on any atom is -0.479 e. The Labute approximate surface area is 72.2 Å². The van der Waals surface area contributed by atoms with E-state index in [1.807, 2.05) is 0 Å². The molecule has 0 aromatic rings. The first-order chi connectivity index (χ1) is 5.87. The highest BCUT2D eigenvalue weighted by molar-refractivity contribution is 5.79. The Morgan fingerprint density at radius 3 is 2.15 bits per heavy atom. The Morgan fingerprint density at radius 1 is 1.38 bits per heavy atom. The Bertz CT molecular complexity index is 249. The second-order valence-corrected chi connectivity index (χ2v) is 2.74. The van der Waals surface area contributed by atoms with Crippen molar-refractivity contribution in [2.24, 2.45) is 0 Å². The second kappa shape index (κ2) is 2.95. The van der Waals surface area contributed by atoms with Crippen molar-refractivity contribution < 1.29 is 34.8 Å². The summed E-state index contributed by atoms with van der Waals surface area (Å²) in [5.41, 5.74) is 0. The standard InChI is InChI=1S/C6H8O7/c7-2-1-6(12,5(10)11)13-3(2)4(8)9/h2-3,7,12H,1H2,(H,8,9)(H,10,11). The number of hydrogen-bond donors (Lipinski definition) is 4. The summed E-state index contributed by atoms with van der Waals surface area (Å²) in [6.07, 6.45) is -3.86. The Balaban J connectivity index is 2.80. The van der Waals surface area contributed by atoms with Gasteiger partial charge in [-0.05, 0) is 0 Å². The van der Waals surface area contributed by atoms with E-state index in [9.17, 15) is 9.59 Å². The van der Waals surface area contributed by atoms with Crippen LogP contribution >= 0.6 is 0 Å². The summed E-state index contributed by atoms with van der Waals surface area (Å²) in [7, 11) is 0. The quantitative estimate of drug-likeness (QED) is 0.398. The molecule has 0 radical (unpaired) electrons. The van der Waals surface area contributed by atoms with E-state index in [1.165, 1.54) is 0 Å². The van der Waals surface area contributed by atoms with Gasteiger partial charge in [0.2, 0.25) is 0 Å². The summed E-state index contributed by atoms with van der Waals surface area (Å²) >= 11 is 0. The van der Waals surface area contributed by atoms with E-state index < -0.39 is 36.4 Å². The van der Waals surface area contributed by atoms with Gasteiger partial charge >= 0.3 is 11.9 Å². The first-order valence-electron chi connectivity index (χ1n) is 3.41. The van der Waals surface area contributed by atoms with E-state index in [2.05, 4.69) is 4.74 Å². The fourth-order valence-electron chi connectivity index (χ4n) is 1.08. The lowest BCUT2D eigenvalue weighted by molar-refractivity contribution is -0.219. The number of hydrogen-bond acceptors (Lipinski definition) is 5. The molecule has 7 heteroatoms. The highest BCUT2D eigenvalue weighted by atomic mass is 16.7. The molecule has 1 saturated heterocycles. The van der Waals surface area contributed by atoms with Crippen LogP contribution in [0.1, 0.15) is 6.42 Å². The largest absolute Gasteiger partial charge is 0.479 e. The fourth-order valence-corrected chi connectivity index (χ4v) is 1.08. The number of carboxylic acids is 2. The minimum absolute atomic E-state index is 0.653. The van der Waals surface area contributed by atoms with Crippen molar-refractivity contribution in [3.05, 3.63) is 0 Å². The van der Waals surface area contributed by atoms with Gasteiger partial charge in [0.1, 0.15) is 0 Å². The van der Waals surface area contributed by atoms with E-state index in [-0.39, 0.29) is 0 Å². The monoisotopic (exact) mass is 192 g/mol. The lowest BCUT2D eigenvalue weighted by Gasteiger charge is -2.15. The maximum Gasteiger partial charge on any atom is 0.364 e. The molecular formula is C6H8O7. The Morgan fingerprint density at radius 2 is 1.92 bits per heavy atom. The molecule has 0 aromatic heterocycles. The minimum atomic E-state index is -2.59. The maximum absolute atomic E-state index is 10.4. The van der Waals surface area contributed by atoms with Crippen LogP contribution in [0.5, 0.6) is 0 Å². The van der Waals surface area contributed by atoms with Crippen LogP contribution in [0.25, 0.3) is 0 Å². The summed E-state index contributed by atoms with van der Waals surface area (Å²) < 4.78 is 4.29. The number of carbonyl (C=O) groups is 2. The van der Waals surface area contributed by atoms with Crippen LogP contribution in [0.4, 0.5) is 0 Å². The van der Waals surface area contributed by atoms with Gasteiger partial charge in [-0.3, -0.25) is 0 Å². The van der Waals surface area contributed by atoms with Gasteiger partial charge in [0, 0.05) is 6.42 Å². The summed E-state index contributed by atoms with van der Waals surface area (Å²) in [5.74, 6) is -5.82. The number of rotatable bonds is 2. The molecule has 13 heavy (non-hydrogen) atoms. The van der Waals surface area contributed by atoms with Crippen LogP contribution in [-0.2, 0) is 14.3 Å². The molecule has 1 aliphatic heterocycles. The van der Waals surface area contributed by atoms with Gasteiger partial charge in [-0.15, -0.1) is 0 Å². The molecule has 0 amide bonds. The van der Waals surface area contributed by atoms with Crippen molar-refractivity contribution in [3.63, 3.8) is 0 Å². The zero-order valence-electron chi connectivity index (χ0n) is 6.38. The van der Waals surface area contributed by atoms with Gasteiger partial charge in [-0.25, -0.2) is 9.59 Å². The fraction of sp³-hybridized carbons (Fsp3) is 0.667. The molecule has 1 rings (SSSR count). The molecular weight excluding hydrogens is 184 g/mol. The van der Waals surface area contributed by atoms with Crippen molar-refractivity contribution in [2.75, 3.05) is 0 Å². The third kappa shape index (κ3) is 1.62. The molecule has 3 atom stereocenters. The van der Waals surface area contributed by atoms with Crippen molar-refractivity contribution in [1.29, 1.82) is 0 Å². The normalized spacial score (nSPS) is 38.9. The van der Waals surface area contributed by atoms with Gasteiger partial charge in [-0.1, -0.05) is 0 Å². The van der Waals surface area contributed by atoms with Crippen LogP contribution in [0.3, 0.4) is 0 Å². The number of aliphatic hydroxyl groups is 2. The van der Waals surface area contributed by atoms with Crippen molar-refractivity contribution in [3.8, 4) is 0 Å². The van der Waals surface area contributed by atoms with Crippen LogP contribution in [-0.4, -0.2) is 50.4 Å². The predicted octanol–water partition coefficient (Wildman–Crippen LogP) is -2.01. The van der Waals surface area contributed by atoms with Gasteiger partial charge in [0.25, 0.3) is 5.79 Å². The molecule has 0 aromatic carbocycles. The zero-order chi connectivity index (χ0) is 10.2. The molecule has 0 bridgehead atoms. The van der Waals surface area contributed by atoms with Gasteiger partial charge < -0.3 is 25.2 Å². The molecule has 7 nitrogen and oxygen atoms in total. The van der Waals surface area contributed by atoms with E-state index in [0.29, 0.717) is 0 Å². The summed E-state index contributed by atoms with van der Waals surface area (Å²) in [4.78, 5) is 20.7. The molecule has 1 fully saturated rings. The van der Waals surface area contributed by atoms with Crippen LogP contribution < -0.4 is 0 Å². The van der Waals surface area contributed by atoms with E-state index in [1.54, 1.807) is 0 Å². The highest BCUT2D eigenvalue weighted by Gasteiger charge is 2.53. The third-order valence-corrected chi connectivity index (χ3v) is 1.73. The van der Waals surface area contributed by atoms with Crippen molar-refractivity contribution in [2.45, 2.75) is 24.4 Å². The predicted molar refractivity (Wildman–Crippen MR) is 35.7 cm³/mol. The lowest BCUT2D eigenvalue weighted by atomic mass is 10.1. The number of aliphatic carboxylic acids is 2. The molecule has 0 aliphatic carbocycles. The Kier molecular flexibility index (Phi) is 2.24. The third-order valence-electron chi connectivity index (χ3n) is 1.73. The van der Waals surface area contributed by atoms with E-state index in [4.69, 9.17) is 20.4 Å². The van der Waals surface area contributed by atoms with Crippen molar-refractivity contribution in [1.82, 2.24) is 0 Å². The maximum atomic E-state index is 10.4. The topological polar surface area (TPSA) is 124 Å². The molecule has 0 spiro atoms. The van der Waals surface area contributed by atoms with Crippen molar-refractivity contribution >= 4 is 11.9 Å². The molecule has 3 unspecified atom stereocenters. The molecule has 4 N–H and O–H groups in total. The number of ether oxygens (including phenoxy) is 1. The molecule has 74 valence electrons. The summed E-state index contributed by atoms with van der Waals surface area (Å²) in [6.45, 7) is 0. The van der Waals surface area contributed by atoms with Crippen LogP contribution in [0, 0.1) is 0 Å². The number of carboxylic acid groups (broad SMARTS) is 2. The van der Waals surface area contributed by atoms with Crippen LogP contribution in [0.15, 0.2) is 0 Å². The second-order valence-electron chi connectivity index (χ2n) is 2.74. The molecule has 1 heterocycles. The van der Waals surface area contributed by atoms with Gasteiger partial charge in [0.05, 0.1) is 6.10 Å². The van der Waals surface area contributed by atoms with E-state index in [0.717, 1.165) is 0 Å². The lowest BCUT2D eigenvalue weighted by Crippen LogP contribution is -2.39. The van der Waals surface area contributed by atoms with Gasteiger partial charge in [0.15, 0.2) is 6.10 Å². The summed E-state index contributed by atoms with van der Waals surface area (Å²) in [5, 5.41) is 34.9. The van der Waals surface area contributed by atoms with Gasteiger partial charge in [-0.2, -0.15) is 0 Å². The first kappa shape index (κ1) is 9.90. The Hall–Kier alpha value is -1.18. The SMILES string of the molecule is O=C(O)C1OC(O)(C(=O)O)CC1O. The average molecular weight is 192 g/mol. The average Bonchev–Trinajstić information content (AvgIpc) is 2.28. The molecule has 0 saturated carbocycles. The molecule has 1 aliphatic rings. The van der Waals surface area contributed by atoms with E-state index >= 15 is 0 Å². The highest BCUT2D eigenvalue weighted by Crippen LogP contribution is 2.28. The summed E-state index contributed by atoms with van der Waals surface area (Å²) in [6, 6.07) is 0. The smallest absolute Gasteiger partial charge is 0.364 e.